The summed E-state index contributed by atoms with van der Waals surface area (Å²) >= 11 is 5.65. The van der Waals surface area contributed by atoms with Gasteiger partial charge in [0.15, 0.2) is 0 Å². The summed E-state index contributed by atoms with van der Waals surface area (Å²) in [5, 5.41) is 4.92. The molecule has 16 heavy (non-hydrogen) atoms. The quantitative estimate of drug-likeness (QED) is 0.795. The van der Waals surface area contributed by atoms with E-state index in [-0.39, 0.29) is 5.91 Å². The second kappa shape index (κ2) is 4.41. The number of carbonyl (C=O) groups excluding carboxylic acids is 1. The number of amides is 1. The molecule has 0 aliphatic heterocycles. The fourth-order valence-electron chi connectivity index (χ4n) is 1.91. The van der Waals surface area contributed by atoms with E-state index >= 15 is 0 Å². The van der Waals surface area contributed by atoms with Crippen LogP contribution in [0.5, 0.6) is 0 Å². The molecule has 1 aliphatic carbocycles. The van der Waals surface area contributed by atoms with Gasteiger partial charge in [-0.3, -0.25) is 4.79 Å². The Morgan fingerprint density at radius 3 is 2.75 bits per heavy atom. The molecule has 0 radical (unpaired) electrons. The molecule has 1 aromatic heterocycles. The third kappa shape index (κ3) is 2.43. The molecule has 1 fully saturated rings. The molecule has 1 N–H and O–H groups in total. The highest BCUT2D eigenvalue weighted by Crippen LogP contribution is 2.51. The predicted molar refractivity (Wildman–Crippen MR) is 70.4 cm³/mol. The van der Waals surface area contributed by atoms with E-state index in [0.29, 0.717) is 11.3 Å². The third-order valence-electron chi connectivity index (χ3n) is 3.53. The van der Waals surface area contributed by atoms with Crippen LogP contribution < -0.4 is 5.32 Å². The second-order valence-corrected chi connectivity index (χ2v) is 6.30. The summed E-state index contributed by atoms with van der Waals surface area (Å²) in [5.41, 5.74) is 0.372. The first-order valence-corrected chi connectivity index (χ1v) is 6.92. The molecule has 88 valence electrons. The zero-order valence-electron chi connectivity index (χ0n) is 9.62. The summed E-state index contributed by atoms with van der Waals surface area (Å²) in [6.45, 7) is 5.27. The number of thiol groups is 1. The molecule has 0 atom stereocenters. The van der Waals surface area contributed by atoms with Gasteiger partial charge in [0.2, 0.25) is 0 Å². The van der Waals surface area contributed by atoms with E-state index in [4.69, 9.17) is 0 Å². The van der Waals surface area contributed by atoms with Gasteiger partial charge < -0.3 is 5.32 Å². The van der Waals surface area contributed by atoms with Gasteiger partial charge in [0.05, 0.1) is 4.88 Å². The lowest BCUT2D eigenvalue weighted by Crippen LogP contribution is -2.32. The van der Waals surface area contributed by atoms with Gasteiger partial charge in [-0.2, -0.15) is 0 Å². The van der Waals surface area contributed by atoms with Crippen molar-refractivity contribution in [3.63, 3.8) is 0 Å². The lowest BCUT2D eigenvalue weighted by Gasteiger charge is -2.19. The Morgan fingerprint density at radius 1 is 1.62 bits per heavy atom. The van der Waals surface area contributed by atoms with Crippen molar-refractivity contribution in [1.29, 1.82) is 0 Å². The highest BCUT2D eigenvalue weighted by Gasteiger charge is 2.45. The van der Waals surface area contributed by atoms with E-state index < -0.39 is 0 Å². The number of rotatable bonds is 4. The Balaban J connectivity index is 1.89. The van der Waals surface area contributed by atoms with Crippen molar-refractivity contribution in [3.8, 4) is 0 Å². The summed E-state index contributed by atoms with van der Waals surface area (Å²) in [7, 11) is 0. The molecule has 0 unspecified atom stereocenters. The van der Waals surface area contributed by atoms with Gasteiger partial charge >= 0.3 is 0 Å². The van der Waals surface area contributed by atoms with Crippen LogP contribution in [0.3, 0.4) is 0 Å². The minimum Gasteiger partial charge on any atom is -0.351 e. The first-order valence-electron chi connectivity index (χ1n) is 5.59. The first-order chi connectivity index (χ1) is 7.53. The molecule has 1 amide bonds. The van der Waals surface area contributed by atoms with Crippen molar-refractivity contribution >= 4 is 29.9 Å². The molecular weight excluding hydrogens is 238 g/mol. The van der Waals surface area contributed by atoms with Crippen molar-refractivity contribution in [2.45, 2.75) is 31.6 Å². The summed E-state index contributed by atoms with van der Waals surface area (Å²) in [4.78, 5) is 13.4. The van der Waals surface area contributed by atoms with Crippen LogP contribution in [0.4, 0.5) is 0 Å². The lowest BCUT2D eigenvalue weighted by molar-refractivity contribution is 0.0943. The van der Waals surface area contributed by atoms with Crippen LogP contribution in [-0.4, -0.2) is 12.5 Å². The Hall–Kier alpha value is -0.480. The fourth-order valence-corrected chi connectivity index (χ4v) is 2.97. The average Bonchev–Trinajstić information content (AvgIpc) is 2.92. The van der Waals surface area contributed by atoms with Crippen molar-refractivity contribution in [2.24, 2.45) is 11.3 Å². The van der Waals surface area contributed by atoms with Crippen molar-refractivity contribution < 1.29 is 4.79 Å². The summed E-state index contributed by atoms with van der Waals surface area (Å²) in [6, 6.07) is 1.82. The highest BCUT2D eigenvalue weighted by molar-refractivity contribution is 7.80. The number of carbonyl (C=O) groups is 1. The fraction of sp³-hybridized carbons (Fsp3) is 0.583. The average molecular weight is 255 g/mol. The van der Waals surface area contributed by atoms with Crippen molar-refractivity contribution in [1.82, 2.24) is 5.32 Å². The van der Waals surface area contributed by atoms with Crippen LogP contribution in [0.2, 0.25) is 0 Å². The van der Waals surface area contributed by atoms with Crippen LogP contribution in [-0.2, 0) is 0 Å². The minimum absolute atomic E-state index is 0.0391. The summed E-state index contributed by atoms with van der Waals surface area (Å²) < 4.78 is 0. The van der Waals surface area contributed by atoms with E-state index in [1.54, 1.807) is 0 Å². The largest absolute Gasteiger partial charge is 0.351 e. The van der Waals surface area contributed by atoms with Crippen molar-refractivity contribution in [3.05, 3.63) is 16.3 Å². The molecule has 1 aliphatic rings. The van der Waals surface area contributed by atoms with Gasteiger partial charge in [-0.1, -0.05) is 13.8 Å². The molecule has 0 spiro atoms. The topological polar surface area (TPSA) is 29.1 Å². The SMILES string of the molecule is CC(C)C1(CNC(=O)c2cc(S)cs2)CC1. The molecular formula is C12H17NOS2. The molecule has 0 saturated heterocycles. The molecule has 0 bridgehead atoms. The summed E-state index contributed by atoms with van der Waals surface area (Å²) in [6.07, 6.45) is 2.49. The van der Waals surface area contributed by atoms with Gasteiger partial charge in [0, 0.05) is 16.8 Å². The molecule has 1 aromatic rings. The van der Waals surface area contributed by atoms with Crippen LogP contribution >= 0.6 is 24.0 Å². The Labute approximate surface area is 106 Å². The number of hydrogen-bond donors (Lipinski definition) is 2. The van der Waals surface area contributed by atoms with Gasteiger partial charge in [0.25, 0.3) is 5.91 Å². The van der Waals surface area contributed by atoms with Gasteiger partial charge in [-0.15, -0.1) is 24.0 Å². The van der Waals surface area contributed by atoms with Gasteiger partial charge in [-0.25, -0.2) is 0 Å². The van der Waals surface area contributed by atoms with E-state index in [1.807, 2.05) is 11.4 Å². The number of thiophene rings is 1. The van der Waals surface area contributed by atoms with E-state index in [2.05, 4.69) is 31.8 Å². The van der Waals surface area contributed by atoms with Crippen molar-refractivity contribution in [2.75, 3.05) is 6.54 Å². The molecule has 4 heteroatoms. The lowest BCUT2D eigenvalue weighted by atomic mass is 9.92. The van der Waals surface area contributed by atoms with Crippen LogP contribution in [0, 0.1) is 11.3 Å². The van der Waals surface area contributed by atoms with E-state index in [9.17, 15) is 4.79 Å². The molecule has 0 aromatic carbocycles. The van der Waals surface area contributed by atoms with Gasteiger partial charge in [0.1, 0.15) is 0 Å². The highest BCUT2D eigenvalue weighted by atomic mass is 32.1. The van der Waals surface area contributed by atoms with Crippen LogP contribution in [0.1, 0.15) is 36.4 Å². The maximum absolute atomic E-state index is 11.8. The standard InChI is InChI=1S/C12H17NOS2/c1-8(2)12(3-4-12)7-13-11(14)10-5-9(15)6-16-10/h5-6,8,15H,3-4,7H2,1-2H3,(H,13,14). The predicted octanol–water partition coefficient (Wildman–Crippen LogP) is 3.20. The third-order valence-corrected chi connectivity index (χ3v) is 4.89. The Bertz CT molecular complexity index is 393. The maximum atomic E-state index is 11.8. The molecule has 1 saturated carbocycles. The molecule has 2 rings (SSSR count). The monoisotopic (exact) mass is 255 g/mol. The smallest absolute Gasteiger partial charge is 0.261 e. The Kier molecular flexibility index (Phi) is 3.31. The summed E-state index contributed by atoms with van der Waals surface area (Å²) in [5.74, 6) is 0.689. The molecule has 2 nitrogen and oxygen atoms in total. The maximum Gasteiger partial charge on any atom is 0.261 e. The molecule has 1 heterocycles. The minimum atomic E-state index is 0.0391. The van der Waals surface area contributed by atoms with E-state index in [1.165, 1.54) is 24.2 Å². The Morgan fingerprint density at radius 2 is 2.31 bits per heavy atom. The second-order valence-electron chi connectivity index (χ2n) is 4.87. The normalized spacial score (nSPS) is 17.5. The first kappa shape index (κ1) is 12.0. The van der Waals surface area contributed by atoms with Gasteiger partial charge in [-0.05, 0) is 30.2 Å². The number of nitrogens with one attached hydrogen (secondary N) is 1. The number of hydrogen-bond acceptors (Lipinski definition) is 3. The van der Waals surface area contributed by atoms with Crippen LogP contribution in [0.15, 0.2) is 16.3 Å². The van der Waals surface area contributed by atoms with Crippen LogP contribution in [0.25, 0.3) is 0 Å². The zero-order valence-corrected chi connectivity index (χ0v) is 11.3. The van der Waals surface area contributed by atoms with E-state index in [0.717, 1.165) is 16.3 Å². The zero-order chi connectivity index (χ0) is 11.8.